The van der Waals surface area contributed by atoms with Gasteiger partial charge in [-0.2, -0.15) is 5.26 Å². The lowest BCUT2D eigenvalue weighted by molar-refractivity contribution is -0.383. The molecule has 0 radical (unpaired) electrons. The van der Waals surface area contributed by atoms with Crippen LogP contribution in [0, 0.1) is 21.6 Å². The highest BCUT2D eigenvalue weighted by atomic mass is 16.6. The summed E-state index contributed by atoms with van der Waals surface area (Å²) in [6.07, 6.45) is 1.62. The van der Waals surface area contributed by atoms with Crippen LogP contribution in [0.2, 0.25) is 0 Å². The van der Waals surface area contributed by atoms with Crippen molar-refractivity contribution in [3.8, 4) is 6.19 Å². The number of benzene rings is 1. The molecule has 5 nitrogen and oxygen atoms in total. The number of nitriles is 1. The van der Waals surface area contributed by atoms with Crippen molar-refractivity contribution in [2.75, 3.05) is 5.32 Å². The average molecular weight is 163 g/mol. The molecule has 0 atom stereocenters. The molecule has 60 valence electrons. The van der Waals surface area contributed by atoms with Gasteiger partial charge in [-0.15, -0.1) is 0 Å². The van der Waals surface area contributed by atoms with E-state index in [0.29, 0.717) is 0 Å². The Bertz CT molecular complexity index is 343. The SMILES string of the molecule is N#CNc1ccccc1[N+](=O)[O-]. The molecule has 1 aromatic carbocycles. The van der Waals surface area contributed by atoms with Crippen LogP contribution >= 0.6 is 0 Å². The summed E-state index contributed by atoms with van der Waals surface area (Å²) in [5.74, 6) is 0. The first-order chi connectivity index (χ1) is 5.75. The van der Waals surface area contributed by atoms with E-state index < -0.39 is 4.92 Å². The first-order valence-electron chi connectivity index (χ1n) is 3.14. The highest BCUT2D eigenvalue weighted by Gasteiger charge is 2.10. The zero-order chi connectivity index (χ0) is 8.97. The Kier molecular flexibility index (Phi) is 2.23. The highest BCUT2D eigenvalue weighted by Crippen LogP contribution is 2.22. The van der Waals surface area contributed by atoms with Crippen LogP contribution in [0.5, 0.6) is 0 Å². The van der Waals surface area contributed by atoms with E-state index in [9.17, 15) is 10.1 Å². The molecule has 5 heteroatoms. The van der Waals surface area contributed by atoms with E-state index in [-0.39, 0.29) is 11.4 Å². The van der Waals surface area contributed by atoms with E-state index in [1.807, 2.05) is 0 Å². The molecule has 0 aliphatic carbocycles. The third kappa shape index (κ3) is 1.49. The molecule has 0 saturated carbocycles. The molecule has 1 rings (SSSR count). The minimum Gasteiger partial charge on any atom is -0.287 e. The first-order valence-corrected chi connectivity index (χ1v) is 3.14. The molecule has 0 aliphatic rings. The van der Waals surface area contributed by atoms with Crippen LogP contribution in [0.3, 0.4) is 0 Å². The monoisotopic (exact) mass is 163 g/mol. The fraction of sp³-hybridized carbons (Fsp3) is 0. The number of hydrogen-bond donors (Lipinski definition) is 1. The van der Waals surface area contributed by atoms with Gasteiger partial charge in [0.1, 0.15) is 5.69 Å². The van der Waals surface area contributed by atoms with Crippen LogP contribution in [0.15, 0.2) is 24.3 Å². The normalized spacial score (nSPS) is 8.58. The van der Waals surface area contributed by atoms with Gasteiger partial charge in [0, 0.05) is 6.07 Å². The lowest BCUT2D eigenvalue weighted by Crippen LogP contribution is -1.94. The maximum Gasteiger partial charge on any atom is 0.293 e. The van der Waals surface area contributed by atoms with Crippen LogP contribution < -0.4 is 5.32 Å². The fourth-order valence-electron chi connectivity index (χ4n) is 0.799. The Labute approximate surface area is 68.4 Å². The minimum absolute atomic E-state index is 0.0981. The van der Waals surface area contributed by atoms with Crippen LogP contribution in [-0.2, 0) is 0 Å². The van der Waals surface area contributed by atoms with E-state index in [4.69, 9.17) is 5.26 Å². The van der Waals surface area contributed by atoms with E-state index in [2.05, 4.69) is 5.32 Å². The molecule has 0 fully saturated rings. The Hall–Kier alpha value is -2.09. The minimum atomic E-state index is -0.542. The molecule has 0 aliphatic heterocycles. The quantitative estimate of drug-likeness (QED) is 0.310. The number of nitrogens with one attached hydrogen (secondary N) is 1. The molecular weight excluding hydrogens is 158 g/mol. The third-order valence-corrected chi connectivity index (χ3v) is 1.29. The number of anilines is 1. The zero-order valence-electron chi connectivity index (χ0n) is 6.02. The second kappa shape index (κ2) is 3.34. The molecule has 1 N–H and O–H groups in total. The summed E-state index contributed by atoms with van der Waals surface area (Å²) < 4.78 is 0. The molecule has 0 amide bonds. The summed E-state index contributed by atoms with van der Waals surface area (Å²) >= 11 is 0. The van der Waals surface area contributed by atoms with Gasteiger partial charge >= 0.3 is 0 Å². The van der Waals surface area contributed by atoms with Crippen molar-refractivity contribution < 1.29 is 4.92 Å². The van der Waals surface area contributed by atoms with E-state index in [0.717, 1.165) is 0 Å². The van der Waals surface area contributed by atoms with Gasteiger partial charge in [0.2, 0.25) is 0 Å². The van der Waals surface area contributed by atoms with Crippen molar-refractivity contribution in [1.29, 1.82) is 5.26 Å². The highest BCUT2D eigenvalue weighted by molar-refractivity contribution is 5.62. The number of nitro groups is 1. The molecule has 0 unspecified atom stereocenters. The van der Waals surface area contributed by atoms with Gasteiger partial charge in [0.05, 0.1) is 4.92 Å². The Morgan fingerprint density at radius 2 is 2.17 bits per heavy atom. The van der Waals surface area contributed by atoms with Gasteiger partial charge in [-0.25, -0.2) is 0 Å². The molecule has 0 saturated heterocycles. The summed E-state index contributed by atoms with van der Waals surface area (Å²) in [5.41, 5.74) is 0.115. The topological polar surface area (TPSA) is 79.0 Å². The predicted octanol–water partition coefficient (Wildman–Crippen LogP) is 1.49. The summed E-state index contributed by atoms with van der Waals surface area (Å²) in [5, 5.41) is 20.8. The Morgan fingerprint density at radius 3 is 2.75 bits per heavy atom. The van der Waals surface area contributed by atoms with Crippen LogP contribution in [-0.4, -0.2) is 4.92 Å². The van der Waals surface area contributed by atoms with Crippen molar-refractivity contribution in [3.63, 3.8) is 0 Å². The standard InChI is InChI=1S/C7H5N3O2/c8-5-9-6-3-1-2-4-7(6)10(11)12/h1-4,9H. The van der Waals surface area contributed by atoms with E-state index in [1.54, 1.807) is 18.3 Å². The molecule has 12 heavy (non-hydrogen) atoms. The molecular formula is C7H5N3O2. The maximum atomic E-state index is 10.4. The van der Waals surface area contributed by atoms with Gasteiger partial charge in [0.25, 0.3) is 5.69 Å². The third-order valence-electron chi connectivity index (χ3n) is 1.29. The fourth-order valence-corrected chi connectivity index (χ4v) is 0.799. The van der Waals surface area contributed by atoms with Gasteiger partial charge in [-0.05, 0) is 6.07 Å². The van der Waals surface area contributed by atoms with Crippen molar-refractivity contribution in [2.24, 2.45) is 0 Å². The summed E-state index contributed by atoms with van der Waals surface area (Å²) in [4.78, 5) is 9.81. The lowest BCUT2D eigenvalue weighted by atomic mass is 10.3. The summed E-state index contributed by atoms with van der Waals surface area (Å²) in [6, 6.07) is 5.97. The Balaban J connectivity index is 3.10. The largest absolute Gasteiger partial charge is 0.293 e. The van der Waals surface area contributed by atoms with Gasteiger partial charge in [-0.3, -0.25) is 15.4 Å². The van der Waals surface area contributed by atoms with Crippen LogP contribution in [0.4, 0.5) is 11.4 Å². The van der Waals surface area contributed by atoms with Crippen molar-refractivity contribution in [3.05, 3.63) is 34.4 Å². The van der Waals surface area contributed by atoms with E-state index >= 15 is 0 Å². The van der Waals surface area contributed by atoms with Gasteiger partial charge in [0.15, 0.2) is 6.19 Å². The summed E-state index contributed by atoms with van der Waals surface area (Å²) in [7, 11) is 0. The first kappa shape index (κ1) is 8.01. The van der Waals surface area contributed by atoms with Gasteiger partial charge < -0.3 is 0 Å². The molecule has 0 aromatic heterocycles. The number of nitrogens with zero attached hydrogens (tertiary/aromatic N) is 2. The number of nitro benzene ring substituents is 1. The predicted molar refractivity (Wildman–Crippen MR) is 42.3 cm³/mol. The maximum absolute atomic E-state index is 10.4. The number of hydrogen-bond acceptors (Lipinski definition) is 4. The molecule has 0 heterocycles. The summed E-state index contributed by atoms with van der Waals surface area (Å²) in [6.45, 7) is 0. The second-order valence-electron chi connectivity index (χ2n) is 2.01. The van der Waals surface area contributed by atoms with Crippen molar-refractivity contribution >= 4 is 11.4 Å². The lowest BCUT2D eigenvalue weighted by Gasteiger charge is -1.97. The van der Waals surface area contributed by atoms with Crippen LogP contribution in [0.1, 0.15) is 0 Å². The molecule has 0 bridgehead atoms. The van der Waals surface area contributed by atoms with Crippen molar-refractivity contribution in [1.82, 2.24) is 0 Å². The Morgan fingerprint density at radius 1 is 1.50 bits per heavy atom. The van der Waals surface area contributed by atoms with Gasteiger partial charge in [-0.1, -0.05) is 12.1 Å². The smallest absolute Gasteiger partial charge is 0.287 e. The van der Waals surface area contributed by atoms with Crippen LogP contribution in [0.25, 0.3) is 0 Å². The number of rotatable bonds is 2. The molecule has 1 aromatic rings. The van der Waals surface area contributed by atoms with Crippen molar-refractivity contribution in [2.45, 2.75) is 0 Å². The average Bonchev–Trinajstić information content (AvgIpc) is 2.05. The van der Waals surface area contributed by atoms with E-state index in [1.165, 1.54) is 12.1 Å². The second-order valence-corrected chi connectivity index (χ2v) is 2.01. The number of para-hydroxylation sites is 2. The zero-order valence-corrected chi connectivity index (χ0v) is 6.02. The molecule has 0 spiro atoms.